The molecule has 0 atom stereocenters. The molecule has 0 spiro atoms. The van der Waals surface area contributed by atoms with Gasteiger partial charge in [0.15, 0.2) is 0 Å². The third-order valence-corrected chi connectivity index (χ3v) is 5.20. The Hall–Kier alpha value is -2.28. The van der Waals surface area contributed by atoms with Gasteiger partial charge in [-0.15, -0.1) is 0 Å². The van der Waals surface area contributed by atoms with E-state index in [-0.39, 0.29) is 18.4 Å². The van der Waals surface area contributed by atoms with Crippen LogP contribution in [0.25, 0.3) is 10.8 Å². The number of hydrogen-bond donors (Lipinski definition) is 0. The second kappa shape index (κ2) is 6.79. The van der Waals surface area contributed by atoms with Crippen LogP contribution in [0.15, 0.2) is 24.3 Å². The predicted octanol–water partition coefficient (Wildman–Crippen LogP) is 2.04. The summed E-state index contributed by atoms with van der Waals surface area (Å²) in [5.74, 6) is -0.463. The van der Waals surface area contributed by atoms with E-state index in [1.54, 1.807) is 14.2 Å². The second-order valence-electron chi connectivity index (χ2n) is 6.75. The van der Waals surface area contributed by atoms with Crippen molar-refractivity contribution in [1.29, 1.82) is 0 Å². The van der Waals surface area contributed by atoms with Gasteiger partial charge in [-0.05, 0) is 28.6 Å². The first-order valence-corrected chi connectivity index (χ1v) is 8.79. The zero-order valence-corrected chi connectivity index (χ0v) is 15.1. The average molecular weight is 354 g/mol. The van der Waals surface area contributed by atoms with Crippen molar-refractivity contribution in [3.05, 3.63) is 46.5 Å². The smallest absolute Gasteiger partial charge is 0.261 e. The molecule has 2 aliphatic heterocycles. The quantitative estimate of drug-likeness (QED) is 0.743. The summed E-state index contributed by atoms with van der Waals surface area (Å²) in [6, 6.07) is 7.76. The Balaban J connectivity index is 1.80. The Morgan fingerprint density at radius 3 is 1.88 bits per heavy atom. The molecule has 0 saturated heterocycles. The molecule has 0 radical (unpaired) electrons. The van der Waals surface area contributed by atoms with Crippen molar-refractivity contribution in [3.63, 3.8) is 0 Å². The van der Waals surface area contributed by atoms with Crippen molar-refractivity contribution >= 4 is 22.6 Å². The van der Waals surface area contributed by atoms with E-state index >= 15 is 0 Å². The average Bonchev–Trinajstić information content (AvgIpc) is 2.66. The summed E-state index contributed by atoms with van der Waals surface area (Å²) in [6.45, 7) is 3.73. The summed E-state index contributed by atoms with van der Waals surface area (Å²) in [5, 5.41) is 1.89. The molecule has 2 aromatic carbocycles. The number of imide groups is 1. The van der Waals surface area contributed by atoms with Crippen molar-refractivity contribution in [1.82, 2.24) is 9.80 Å². The highest BCUT2D eigenvalue weighted by Gasteiger charge is 2.34. The maximum absolute atomic E-state index is 12.9. The van der Waals surface area contributed by atoms with Crippen LogP contribution in [0.1, 0.15) is 31.8 Å². The molecule has 2 amide bonds. The molecule has 2 aromatic rings. The molecular formula is C20H22N2O4. The Morgan fingerprint density at radius 2 is 1.35 bits per heavy atom. The number of amides is 2. The summed E-state index contributed by atoms with van der Waals surface area (Å²) >= 11 is 0. The lowest BCUT2D eigenvalue weighted by Crippen LogP contribution is -2.42. The molecule has 2 heterocycles. The minimum Gasteiger partial charge on any atom is -0.383 e. The molecule has 0 N–H and O–H groups in total. The molecule has 6 heteroatoms. The molecule has 136 valence electrons. The number of carbonyl (C=O) groups excluding carboxylic acids is 2. The van der Waals surface area contributed by atoms with Gasteiger partial charge in [0.25, 0.3) is 11.8 Å². The predicted molar refractivity (Wildman–Crippen MR) is 97.2 cm³/mol. The topological polar surface area (TPSA) is 59.1 Å². The molecule has 0 aliphatic carbocycles. The van der Waals surface area contributed by atoms with Crippen LogP contribution in [0, 0.1) is 0 Å². The summed E-state index contributed by atoms with van der Waals surface area (Å²) in [5.41, 5.74) is 3.55. The van der Waals surface area contributed by atoms with Gasteiger partial charge in [-0.1, -0.05) is 12.1 Å². The van der Waals surface area contributed by atoms with Gasteiger partial charge >= 0.3 is 0 Å². The van der Waals surface area contributed by atoms with Crippen LogP contribution in [-0.4, -0.2) is 62.1 Å². The Bertz CT molecular complexity index is 832. The van der Waals surface area contributed by atoms with Crippen LogP contribution in [0.2, 0.25) is 0 Å². The molecule has 6 nitrogen and oxygen atoms in total. The van der Waals surface area contributed by atoms with Gasteiger partial charge < -0.3 is 9.47 Å². The molecular weight excluding hydrogens is 332 g/mol. The summed E-state index contributed by atoms with van der Waals surface area (Å²) in [6.07, 6.45) is 0. The zero-order chi connectivity index (χ0) is 18.3. The first-order valence-electron chi connectivity index (χ1n) is 8.79. The summed E-state index contributed by atoms with van der Waals surface area (Å²) in [7, 11) is 3.27. The van der Waals surface area contributed by atoms with Crippen LogP contribution < -0.4 is 0 Å². The van der Waals surface area contributed by atoms with Crippen molar-refractivity contribution in [2.45, 2.75) is 13.1 Å². The van der Waals surface area contributed by atoms with Crippen LogP contribution in [0.4, 0.5) is 0 Å². The molecule has 0 bridgehead atoms. The van der Waals surface area contributed by atoms with Crippen molar-refractivity contribution in [2.24, 2.45) is 0 Å². The number of methoxy groups -OCH3 is 2. The lowest BCUT2D eigenvalue weighted by atomic mass is 9.86. The van der Waals surface area contributed by atoms with Crippen LogP contribution in [-0.2, 0) is 22.6 Å². The molecule has 0 unspecified atom stereocenters. The van der Waals surface area contributed by atoms with Gasteiger partial charge in [0.1, 0.15) is 0 Å². The van der Waals surface area contributed by atoms with Gasteiger partial charge in [-0.2, -0.15) is 0 Å². The maximum Gasteiger partial charge on any atom is 0.261 e. The van der Waals surface area contributed by atoms with Gasteiger partial charge in [0.2, 0.25) is 0 Å². The standard InChI is InChI=1S/C20H22N2O4/c1-25-9-7-21-11-13-3-5-15-18-16(6-4-14(12-21)17(13)18)20(24)22(19(15)23)8-10-26-2/h3-6H,7-12H2,1-2H3. The highest BCUT2D eigenvalue weighted by atomic mass is 16.5. The van der Waals surface area contributed by atoms with Crippen molar-refractivity contribution < 1.29 is 19.1 Å². The SMILES string of the molecule is COCCN1Cc2ccc3c4c(ccc(c24)C1)C(=O)N(CCOC)C3=O. The maximum atomic E-state index is 12.9. The highest BCUT2D eigenvalue weighted by Crippen LogP contribution is 2.37. The van der Waals surface area contributed by atoms with E-state index in [0.29, 0.717) is 24.3 Å². The third-order valence-electron chi connectivity index (χ3n) is 5.20. The molecule has 2 aliphatic rings. The number of hydrogen-bond acceptors (Lipinski definition) is 5. The van der Waals surface area contributed by atoms with Gasteiger partial charge in [0.05, 0.1) is 19.8 Å². The van der Waals surface area contributed by atoms with Gasteiger partial charge in [-0.3, -0.25) is 19.4 Å². The number of rotatable bonds is 6. The first kappa shape index (κ1) is 17.1. The first-order chi connectivity index (χ1) is 12.7. The van der Waals surface area contributed by atoms with Gasteiger partial charge in [0, 0.05) is 50.4 Å². The largest absolute Gasteiger partial charge is 0.383 e. The summed E-state index contributed by atoms with van der Waals surface area (Å²) < 4.78 is 10.2. The van der Waals surface area contributed by atoms with E-state index in [9.17, 15) is 9.59 Å². The fraction of sp³-hybridized carbons (Fsp3) is 0.400. The number of benzene rings is 2. The Labute approximate surface area is 152 Å². The van der Waals surface area contributed by atoms with E-state index in [4.69, 9.17) is 9.47 Å². The lowest BCUT2D eigenvalue weighted by Gasteiger charge is -2.33. The number of nitrogens with zero attached hydrogens (tertiary/aromatic N) is 2. The Kier molecular flexibility index (Phi) is 4.48. The van der Waals surface area contributed by atoms with Crippen LogP contribution in [0.5, 0.6) is 0 Å². The minimum atomic E-state index is -0.231. The van der Waals surface area contributed by atoms with E-state index in [0.717, 1.165) is 41.5 Å². The summed E-state index contributed by atoms with van der Waals surface area (Å²) in [4.78, 5) is 29.4. The molecule has 0 aromatic heterocycles. The lowest BCUT2D eigenvalue weighted by molar-refractivity contribution is 0.0560. The second-order valence-corrected chi connectivity index (χ2v) is 6.75. The normalized spacial score (nSPS) is 16.6. The molecule has 4 rings (SSSR count). The van der Waals surface area contributed by atoms with Crippen LogP contribution in [0.3, 0.4) is 0 Å². The third kappa shape index (κ3) is 2.61. The number of ether oxygens (including phenoxy) is 2. The highest BCUT2D eigenvalue weighted by molar-refractivity contribution is 6.26. The van der Waals surface area contributed by atoms with Gasteiger partial charge in [-0.25, -0.2) is 0 Å². The van der Waals surface area contributed by atoms with E-state index in [1.807, 2.05) is 24.3 Å². The van der Waals surface area contributed by atoms with E-state index in [2.05, 4.69) is 4.90 Å². The molecule has 0 saturated carbocycles. The van der Waals surface area contributed by atoms with E-state index < -0.39 is 0 Å². The number of carbonyl (C=O) groups is 2. The van der Waals surface area contributed by atoms with Crippen molar-refractivity contribution in [3.8, 4) is 0 Å². The van der Waals surface area contributed by atoms with Crippen LogP contribution >= 0.6 is 0 Å². The van der Waals surface area contributed by atoms with E-state index in [1.165, 1.54) is 4.90 Å². The molecule has 26 heavy (non-hydrogen) atoms. The monoisotopic (exact) mass is 354 g/mol. The Morgan fingerprint density at radius 1 is 0.808 bits per heavy atom. The fourth-order valence-electron chi connectivity index (χ4n) is 3.95. The van der Waals surface area contributed by atoms with Crippen molar-refractivity contribution in [2.75, 3.05) is 40.5 Å². The molecule has 0 fully saturated rings. The minimum absolute atomic E-state index is 0.231. The fourth-order valence-corrected chi connectivity index (χ4v) is 3.95. The zero-order valence-electron chi connectivity index (χ0n) is 15.1.